The standard InChI is InChI=1S/C17H17.C10H15.Hf/c1-3-12(2)15-11-10-14-9-8-13-6-4-5-7-16(13)17(14)15;1-6-7(2)9(4)10(5)8(6)3;/h4-9,12H,3,10H2,1-2H3;1-5H3;. The molecule has 28 heavy (non-hydrogen) atoms. The summed E-state index contributed by atoms with van der Waals surface area (Å²) in [4.78, 5) is 0. The molecule has 2 aliphatic rings. The molecule has 0 saturated carbocycles. The molecule has 0 radical (unpaired) electrons. The van der Waals surface area contributed by atoms with Crippen LogP contribution in [0.5, 0.6) is 0 Å². The van der Waals surface area contributed by atoms with Crippen molar-refractivity contribution in [2.75, 3.05) is 0 Å². The maximum atomic E-state index is 2.56. The Morgan fingerprint density at radius 3 is 2.25 bits per heavy atom. The molecule has 0 N–H and O–H groups in total. The summed E-state index contributed by atoms with van der Waals surface area (Å²) in [5.41, 5.74) is 11.3. The van der Waals surface area contributed by atoms with Crippen molar-refractivity contribution in [3.63, 3.8) is 0 Å². The van der Waals surface area contributed by atoms with E-state index in [1.54, 1.807) is 39.0 Å². The van der Waals surface area contributed by atoms with Gasteiger partial charge in [0.15, 0.2) is 0 Å². The minimum atomic E-state index is -1.10. The first-order chi connectivity index (χ1) is 13.3. The zero-order chi connectivity index (χ0) is 20.2. The van der Waals surface area contributed by atoms with Gasteiger partial charge in [0.25, 0.3) is 0 Å². The van der Waals surface area contributed by atoms with Crippen LogP contribution in [0.25, 0.3) is 16.3 Å². The summed E-state index contributed by atoms with van der Waals surface area (Å²) in [5, 5.41) is 2.86. The second-order valence-electron chi connectivity index (χ2n) is 8.95. The Morgan fingerprint density at radius 2 is 1.61 bits per heavy atom. The first-order valence-electron chi connectivity index (χ1n) is 10.7. The van der Waals surface area contributed by atoms with Crippen molar-refractivity contribution in [2.24, 2.45) is 5.92 Å². The summed E-state index contributed by atoms with van der Waals surface area (Å²) in [5.74, 6) is 0.648. The average molecular weight is 535 g/mol. The monoisotopic (exact) mass is 536 g/mol. The Bertz CT molecular complexity index is 1040. The Balaban J connectivity index is 1.89. The van der Waals surface area contributed by atoms with Gasteiger partial charge in [-0.25, -0.2) is 0 Å². The number of rotatable bonds is 4. The zero-order valence-corrected chi connectivity index (χ0v) is 22.0. The molecule has 2 aromatic rings. The number of hydrogen-bond acceptors (Lipinski definition) is 0. The van der Waals surface area contributed by atoms with Crippen LogP contribution in [0.15, 0.2) is 62.0 Å². The van der Waals surface area contributed by atoms with Gasteiger partial charge >= 0.3 is 183 Å². The predicted molar refractivity (Wildman–Crippen MR) is 119 cm³/mol. The van der Waals surface area contributed by atoms with E-state index in [1.807, 2.05) is 3.33 Å². The van der Waals surface area contributed by atoms with Crippen LogP contribution >= 0.6 is 0 Å². The molecule has 0 aliphatic heterocycles. The van der Waals surface area contributed by atoms with E-state index < -0.39 is 22.9 Å². The van der Waals surface area contributed by atoms with E-state index in [2.05, 4.69) is 84.9 Å². The number of fused-ring (bicyclic) bond motifs is 3. The molecule has 0 saturated heterocycles. The Kier molecular flexibility index (Phi) is 5.19. The van der Waals surface area contributed by atoms with Crippen molar-refractivity contribution < 1.29 is 22.9 Å². The molecule has 144 valence electrons. The van der Waals surface area contributed by atoms with Gasteiger partial charge in [0.2, 0.25) is 0 Å². The second kappa shape index (κ2) is 7.24. The van der Waals surface area contributed by atoms with E-state index in [0.29, 0.717) is 9.09 Å². The summed E-state index contributed by atoms with van der Waals surface area (Å²) >= 11 is -1.10. The van der Waals surface area contributed by atoms with E-state index in [4.69, 9.17) is 0 Å². The third-order valence-electron chi connectivity index (χ3n) is 7.67. The Hall–Kier alpha value is -1.21. The van der Waals surface area contributed by atoms with Crippen LogP contribution in [0.3, 0.4) is 0 Å². The molecule has 0 bridgehead atoms. The van der Waals surface area contributed by atoms with Crippen molar-refractivity contribution in [3.8, 4) is 0 Å². The fraction of sp³-hybridized carbons (Fsp3) is 0.407. The van der Waals surface area contributed by atoms with E-state index >= 15 is 0 Å². The minimum absolute atomic E-state index is 0.361. The van der Waals surface area contributed by atoms with Gasteiger partial charge in [-0.15, -0.1) is 0 Å². The van der Waals surface area contributed by atoms with Gasteiger partial charge in [-0.1, -0.05) is 0 Å². The van der Waals surface area contributed by atoms with Crippen molar-refractivity contribution in [1.29, 1.82) is 0 Å². The molecule has 0 heterocycles. The molecule has 0 fully saturated rings. The van der Waals surface area contributed by atoms with Crippen LogP contribution < -0.4 is 0 Å². The van der Waals surface area contributed by atoms with E-state index in [0.717, 1.165) is 0 Å². The Labute approximate surface area is 182 Å². The topological polar surface area (TPSA) is 0 Å². The van der Waals surface area contributed by atoms with Crippen LogP contribution in [0.1, 0.15) is 66.0 Å². The van der Waals surface area contributed by atoms with Crippen LogP contribution in [-0.2, 0) is 29.3 Å². The fourth-order valence-electron chi connectivity index (χ4n) is 5.16. The molecule has 0 aromatic heterocycles. The molecule has 1 unspecified atom stereocenters. The van der Waals surface area contributed by atoms with Crippen molar-refractivity contribution in [3.05, 3.63) is 73.1 Å². The van der Waals surface area contributed by atoms with Crippen LogP contribution in [0.2, 0.25) is 3.17 Å². The quantitative estimate of drug-likeness (QED) is 0.348. The van der Waals surface area contributed by atoms with Gasteiger partial charge in [-0.05, 0) is 0 Å². The maximum absolute atomic E-state index is 2.56. The average Bonchev–Trinajstić information content (AvgIpc) is 3.14. The molecule has 0 amide bonds. The third kappa shape index (κ3) is 2.88. The van der Waals surface area contributed by atoms with Gasteiger partial charge in [0.05, 0.1) is 0 Å². The third-order valence-corrected chi connectivity index (χ3v) is 14.8. The zero-order valence-electron chi connectivity index (χ0n) is 18.5. The van der Waals surface area contributed by atoms with Crippen molar-refractivity contribution in [2.45, 2.75) is 64.5 Å². The SMILES string of the molecule is CCC(C)C1=[C]([Hf][C]2(C)C(C)=C(C)C(C)=C2C)Cc2ccc3ccccc3c21. The van der Waals surface area contributed by atoms with Gasteiger partial charge < -0.3 is 0 Å². The molecule has 0 spiro atoms. The van der Waals surface area contributed by atoms with Gasteiger partial charge in [0.1, 0.15) is 0 Å². The molecule has 4 rings (SSSR count). The van der Waals surface area contributed by atoms with E-state index in [9.17, 15) is 0 Å². The normalized spacial score (nSPS) is 19.7. The molecular weight excluding hydrogens is 503 g/mol. The van der Waals surface area contributed by atoms with Crippen LogP contribution in [0, 0.1) is 5.92 Å². The first-order valence-corrected chi connectivity index (χ1v) is 14.3. The van der Waals surface area contributed by atoms with Gasteiger partial charge in [-0.3, -0.25) is 0 Å². The molecule has 1 heteroatoms. The van der Waals surface area contributed by atoms with E-state index in [-0.39, 0.29) is 0 Å². The molecule has 1 atom stereocenters. The molecule has 2 aromatic carbocycles. The van der Waals surface area contributed by atoms with Gasteiger partial charge in [-0.2, -0.15) is 0 Å². The number of allylic oxidation sites excluding steroid dienone is 6. The fourth-order valence-corrected chi connectivity index (χ4v) is 12.8. The summed E-state index contributed by atoms with van der Waals surface area (Å²) in [7, 11) is 0. The molecule has 2 aliphatic carbocycles. The van der Waals surface area contributed by atoms with E-state index in [1.165, 1.54) is 23.6 Å². The predicted octanol–water partition coefficient (Wildman–Crippen LogP) is 8.10. The summed E-state index contributed by atoms with van der Waals surface area (Å²) < 4.78 is 2.23. The molecule has 0 nitrogen and oxygen atoms in total. The van der Waals surface area contributed by atoms with Crippen molar-refractivity contribution >= 4 is 16.3 Å². The van der Waals surface area contributed by atoms with Crippen molar-refractivity contribution in [1.82, 2.24) is 0 Å². The van der Waals surface area contributed by atoms with Crippen LogP contribution in [-0.4, -0.2) is 0 Å². The van der Waals surface area contributed by atoms with Crippen LogP contribution in [0.4, 0.5) is 0 Å². The first kappa shape index (κ1) is 20.1. The Morgan fingerprint density at radius 1 is 0.964 bits per heavy atom. The second-order valence-corrected chi connectivity index (χ2v) is 15.6. The molecular formula is C27H32Hf. The summed E-state index contributed by atoms with van der Waals surface area (Å²) in [6, 6.07) is 13.7. The van der Waals surface area contributed by atoms with Gasteiger partial charge in [0, 0.05) is 0 Å². The summed E-state index contributed by atoms with van der Waals surface area (Å²) in [6.45, 7) is 16.9. The summed E-state index contributed by atoms with van der Waals surface area (Å²) in [6.07, 6.45) is 2.43. The number of hydrogen-bond donors (Lipinski definition) is 0. The number of benzene rings is 2.